The van der Waals surface area contributed by atoms with Crippen LogP contribution in [-0.4, -0.2) is 91.2 Å². The average molecular weight is 317 g/mol. The molecule has 2 aliphatic heterocycles. The van der Waals surface area contributed by atoms with Crippen molar-refractivity contribution in [2.45, 2.75) is 18.4 Å². The minimum Gasteiger partial charge on any atom is -0.387 e. The maximum absolute atomic E-state index is 12.2. The number of hydrogen-bond donors (Lipinski definition) is 1. The van der Waals surface area contributed by atoms with Gasteiger partial charge in [0.25, 0.3) is 0 Å². The molecule has 3 aliphatic rings. The highest BCUT2D eigenvalue weighted by atomic mass is 32.2. The lowest BCUT2D eigenvalue weighted by Gasteiger charge is -2.47. The van der Waals surface area contributed by atoms with Gasteiger partial charge in [0, 0.05) is 39.3 Å². The van der Waals surface area contributed by atoms with Crippen molar-refractivity contribution in [3.05, 3.63) is 0 Å². The summed E-state index contributed by atoms with van der Waals surface area (Å²) in [5, 5.41) is 10.2. The molecule has 0 aromatic carbocycles. The summed E-state index contributed by atoms with van der Waals surface area (Å²) in [5.74, 6) is 0.461. The Balaban J connectivity index is 1.43. The second-order valence-electron chi connectivity index (χ2n) is 6.57. The first-order chi connectivity index (χ1) is 9.78. The number of carbonyl (C=O) groups is 1. The molecule has 2 heterocycles. The molecule has 21 heavy (non-hydrogen) atoms. The molecule has 0 aromatic rings. The summed E-state index contributed by atoms with van der Waals surface area (Å²) in [6.07, 6.45) is 3.40. The molecule has 2 saturated heterocycles. The van der Waals surface area contributed by atoms with Crippen molar-refractivity contribution in [2.75, 3.05) is 52.1 Å². The maximum Gasteiger partial charge on any atom is 0.236 e. The molecule has 0 radical (unpaired) electrons. The highest BCUT2D eigenvalue weighted by Gasteiger charge is 2.52. The predicted octanol–water partition coefficient (Wildman–Crippen LogP) is -1.45. The van der Waals surface area contributed by atoms with Gasteiger partial charge in [0.1, 0.15) is 0 Å². The van der Waals surface area contributed by atoms with Gasteiger partial charge in [0.2, 0.25) is 15.9 Å². The Morgan fingerprint density at radius 1 is 1.19 bits per heavy atom. The fraction of sp³-hybridized carbons (Fsp3) is 0.923. The van der Waals surface area contributed by atoms with Crippen molar-refractivity contribution >= 4 is 15.9 Å². The number of amides is 1. The number of likely N-dealkylation sites (tertiary alicyclic amines) is 1. The van der Waals surface area contributed by atoms with E-state index in [4.69, 9.17) is 0 Å². The van der Waals surface area contributed by atoms with E-state index >= 15 is 0 Å². The van der Waals surface area contributed by atoms with Crippen LogP contribution < -0.4 is 0 Å². The molecular weight excluding hydrogens is 294 g/mol. The van der Waals surface area contributed by atoms with Gasteiger partial charge in [0.15, 0.2) is 0 Å². The number of rotatable bonds is 4. The molecule has 3 fully saturated rings. The van der Waals surface area contributed by atoms with E-state index in [2.05, 4.69) is 0 Å². The third-order valence-electron chi connectivity index (χ3n) is 4.75. The van der Waals surface area contributed by atoms with Crippen LogP contribution in [0.25, 0.3) is 0 Å². The molecule has 1 aliphatic carbocycles. The summed E-state index contributed by atoms with van der Waals surface area (Å²) >= 11 is 0. The van der Waals surface area contributed by atoms with E-state index in [1.54, 1.807) is 4.90 Å². The van der Waals surface area contributed by atoms with Crippen LogP contribution in [0.15, 0.2) is 0 Å². The van der Waals surface area contributed by atoms with E-state index in [-0.39, 0.29) is 5.91 Å². The van der Waals surface area contributed by atoms with Gasteiger partial charge in [-0.1, -0.05) is 0 Å². The molecule has 1 amide bonds. The smallest absolute Gasteiger partial charge is 0.236 e. The quantitative estimate of drug-likeness (QED) is 0.686. The number of β-amino-alcohol motifs (C(OH)–C–C–N with tert-alkyl or cyclic N) is 1. The fourth-order valence-corrected chi connectivity index (χ4v) is 4.11. The van der Waals surface area contributed by atoms with Crippen molar-refractivity contribution in [1.82, 2.24) is 14.1 Å². The number of hydrogen-bond acceptors (Lipinski definition) is 5. The monoisotopic (exact) mass is 317 g/mol. The molecule has 0 atom stereocenters. The Bertz CT molecular complexity index is 518. The molecule has 8 heteroatoms. The van der Waals surface area contributed by atoms with E-state index in [1.165, 1.54) is 10.6 Å². The van der Waals surface area contributed by atoms with Crippen LogP contribution in [0.3, 0.4) is 0 Å². The fourth-order valence-electron chi connectivity index (χ4n) is 3.28. The van der Waals surface area contributed by atoms with Gasteiger partial charge in [-0.2, -0.15) is 4.31 Å². The Morgan fingerprint density at radius 2 is 1.76 bits per heavy atom. The second kappa shape index (κ2) is 5.19. The lowest BCUT2D eigenvalue weighted by Crippen LogP contribution is -2.65. The van der Waals surface area contributed by atoms with E-state index in [0.29, 0.717) is 51.7 Å². The molecule has 3 rings (SSSR count). The van der Waals surface area contributed by atoms with Crippen LogP contribution in [0.1, 0.15) is 12.8 Å². The Kier molecular flexibility index (Phi) is 3.76. The van der Waals surface area contributed by atoms with E-state index in [1.807, 2.05) is 4.90 Å². The first-order valence-electron chi connectivity index (χ1n) is 7.45. The van der Waals surface area contributed by atoms with Crippen LogP contribution in [0, 0.1) is 5.92 Å². The molecule has 0 unspecified atom stereocenters. The van der Waals surface area contributed by atoms with E-state index in [0.717, 1.165) is 12.8 Å². The third kappa shape index (κ3) is 3.23. The SMILES string of the molecule is CS(=O)(=O)N1CCN(C(=O)CN2CC(O)(C3CC3)C2)CC1. The standard InChI is InChI=1S/C13H23N3O4S/c1-21(19,20)16-6-4-15(5-7-16)12(17)8-14-9-13(18,10-14)11-2-3-11/h11,18H,2-10H2,1H3. The first-order valence-corrected chi connectivity index (χ1v) is 9.30. The van der Waals surface area contributed by atoms with Gasteiger partial charge in [0.05, 0.1) is 18.4 Å². The minimum absolute atomic E-state index is 0.0287. The van der Waals surface area contributed by atoms with Gasteiger partial charge >= 0.3 is 0 Å². The lowest BCUT2D eigenvalue weighted by atomic mass is 9.89. The Hall–Kier alpha value is -0.700. The number of piperazine rings is 1. The predicted molar refractivity (Wildman–Crippen MR) is 77.1 cm³/mol. The van der Waals surface area contributed by atoms with Crippen molar-refractivity contribution < 1.29 is 18.3 Å². The van der Waals surface area contributed by atoms with E-state index < -0.39 is 15.6 Å². The third-order valence-corrected chi connectivity index (χ3v) is 6.05. The van der Waals surface area contributed by atoms with E-state index in [9.17, 15) is 18.3 Å². The van der Waals surface area contributed by atoms with Gasteiger partial charge in [-0.05, 0) is 18.8 Å². The van der Waals surface area contributed by atoms with Gasteiger partial charge in [-0.15, -0.1) is 0 Å². The van der Waals surface area contributed by atoms with Gasteiger partial charge in [-0.3, -0.25) is 9.69 Å². The highest BCUT2D eigenvalue weighted by Crippen LogP contribution is 2.44. The Labute approximate surface area is 125 Å². The van der Waals surface area contributed by atoms with Crippen molar-refractivity contribution in [3.8, 4) is 0 Å². The zero-order chi connectivity index (χ0) is 15.3. The lowest BCUT2D eigenvalue weighted by molar-refractivity contribution is -0.145. The van der Waals surface area contributed by atoms with Crippen LogP contribution >= 0.6 is 0 Å². The van der Waals surface area contributed by atoms with Crippen molar-refractivity contribution in [2.24, 2.45) is 5.92 Å². The molecule has 0 spiro atoms. The summed E-state index contributed by atoms with van der Waals surface area (Å²) in [4.78, 5) is 15.9. The van der Waals surface area contributed by atoms with Crippen LogP contribution in [-0.2, 0) is 14.8 Å². The number of nitrogens with zero attached hydrogens (tertiary/aromatic N) is 3. The summed E-state index contributed by atoms with van der Waals surface area (Å²) in [6, 6.07) is 0. The molecule has 1 N–H and O–H groups in total. The summed E-state index contributed by atoms with van der Waals surface area (Å²) < 4.78 is 24.3. The summed E-state index contributed by atoms with van der Waals surface area (Å²) in [6.45, 7) is 3.15. The Morgan fingerprint density at radius 3 is 2.24 bits per heavy atom. The summed E-state index contributed by atoms with van der Waals surface area (Å²) in [5.41, 5.74) is -0.560. The molecule has 7 nitrogen and oxygen atoms in total. The van der Waals surface area contributed by atoms with Crippen LogP contribution in [0.5, 0.6) is 0 Å². The molecule has 120 valence electrons. The average Bonchev–Trinajstić information content (AvgIpc) is 3.20. The van der Waals surface area contributed by atoms with Crippen molar-refractivity contribution in [1.29, 1.82) is 0 Å². The summed E-state index contributed by atoms with van der Waals surface area (Å²) in [7, 11) is -3.16. The van der Waals surface area contributed by atoms with Crippen LogP contribution in [0.4, 0.5) is 0 Å². The molecular formula is C13H23N3O4S. The molecule has 0 bridgehead atoms. The molecule has 0 aromatic heterocycles. The van der Waals surface area contributed by atoms with Gasteiger partial charge < -0.3 is 10.0 Å². The molecule has 1 saturated carbocycles. The number of carbonyl (C=O) groups excluding carboxylic acids is 1. The number of sulfonamides is 1. The largest absolute Gasteiger partial charge is 0.387 e. The maximum atomic E-state index is 12.2. The topological polar surface area (TPSA) is 81.2 Å². The first kappa shape index (κ1) is 15.2. The van der Waals surface area contributed by atoms with Crippen molar-refractivity contribution in [3.63, 3.8) is 0 Å². The highest BCUT2D eigenvalue weighted by molar-refractivity contribution is 7.88. The number of aliphatic hydroxyl groups is 1. The van der Waals surface area contributed by atoms with Crippen LogP contribution in [0.2, 0.25) is 0 Å². The minimum atomic E-state index is -3.16. The van der Waals surface area contributed by atoms with Gasteiger partial charge in [-0.25, -0.2) is 8.42 Å². The second-order valence-corrected chi connectivity index (χ2v) is 8.55. The zero-order valence-corrected chi connectivity index (χ0v) is 13.2. The zero-order valence-electron chi connectivity index (χ0n) is 12.4. The normalized spacial score (nSPS) is 27.4.